The molecule has 0 saturated carbocycles. The predicted molar refractivity (Wildman–Crippen MR) is 147 cm³/mol. The molecule has 39 heavy (non-hydrogen) atoms. The van der Waals surface area contributed by atoms with Crippen LogP contribution in [-0.4, -0.2) is 45.9 Å². The second-order valence-electron chi connectivity index (χ2n) is 9.12. The first kappa shape index (κ1) is 25.5. The van der Waals surface area contributed by atoms with Crippen LogP contribution in [-0.2, 0) is 4.79 Å². The van der Waals surface area contributed by atoms with Gasteiger partial charge in [0.05, 0.1) is 16.8 Å². The zero-order valence-electron chi connectivity index (χ0n) is 20.9. The van der Waals surface area contributed by atoms with E-state index in [-0.39, 0.29) is 34.2 Å². The van der Waals surface area contributed by atoms with Gasteiger partial charge in [0, 0.05) is 24.7 Å². The maximum atomic E-state index is 12.7. The van der Waals surface area contributed by atoms with Gasteiger partial charge in [-0.05, 0) is 55.3 Å². The van der Waals surface area contributed by atoms with E-state index in [1.807, 2.05) is 35.2 Å². The average molecular weight is 527 g/mol. The lowest BCUT2D eigenvalue weighted by molar-refractivity contribution is -0.117. The third-order valence-electron chi connectivity index (χ3n) is 6.47. The number of aromatic amines is 2. The van der Waals surface area contributed by atoms with Crippen molar-refractivity contribution >= 4 is 28.7 Å². The monoisotopic (exact) mass is 526 g/mol. The number of aromatic nitrogens is 3. The van der Waals surface area contributed by atoms with Gasteiger partial charge >= 0.3 is 11.1 Å². The number of nitrogens with one attached hydrogen (secondary N) is 3. The Kier molecular flexibility index (Phi) is 6.96. The molecule has 0 radical (unpaired) electrons. The number of fused-ring (bicyclic) bond motifs is 1. The summed E-state index contributed by atoms with van der Waals surface area (Å²) in [5.74, 6) is 0.469. The number of para-hydroxylation sites is 1. The first-order valence-corrected chi connectivity index (χ1v) is 12.4. The van der Waals surface area contributed by atoms with Crippen LogP contribution in [0.15, 0.2) is 76.8 Å². The standard InChI is InChI=1S/C28H26N6O5/c1-2-20(35)30-17-7-6-14-34(15-17)26-24-23(32-27(37)28(38)33-24)21(25(29)36)22(31-26)16-10-12-19(13-11-16)39-18-8-4-3-5-9-18/h2-5,8-13,17H,1,6-7,14-15H2,(H2,29,36)(H,30,35)(H,32,37)(H,33,38). The van der Waals surface area contributed by atoms with Crippen LogP contribution in [0.4, 0.5) is 5.82 Å². The summed E-state index contributed by atoms with van der Waals surface area (Å²) in [7, 11) is 0. The fourth-order valence-electron chi connectivity index (χ4n) is 4.69. The Hall–Kier alpha value is -5.19. The summed E-state index contributed by atoms with van der Waals surface area (Å²) in [6.07, 6.45) is 2.69. The van der Waals surface area contributed by atoms with Crippen molar-refractivity contribution in [2.45, 2.75) is 18.9 Å². The molecule has 0 bridgehead atoms. The molecule has 0 aliphatic carbocycles. The number of carbonyl (C=O) groups is 2. The summed E-state index contributed by atoms with van der Waals surface area (Å²) in [6.45, 7) is 4.46. The molecule has 1 aliphatic heterocycles. The van der Waals surface area contributed by atoms with Crippen LogP contribution in [0.2, 0.25) is 0 Å². The SMILES string of the molecule is C=CC(=O)NC1CCCN(c2nc(-c3ccc(Oc4ccccc4)cc3)c(C(N)=O)c3[nH]c(=O)c(=O)[nH]c23)C1. The molecular formula is C28H26N6O5. The lowest BCUT2D eigenvalue weighted by Crippen LogP contribution is -2.48. The van der Waals surface area contributed by atoms with E-state index in [4.69, 9.17) is 15.5 Å². The average Bonchev–Trinajstić information content (AvgIpc) is 2.94. The van der Waals surface area contributed by atoms with Gasteiger partial charge in [0.2, 0.25) is 5.91 Å². The molecule has 3 heterocycles. The molecule has 1 fully saturated rings. The molecule has 1 unspecified atom stereocenters. The third kappa shape index (κ3) is 5.28. The summed E-state index contributed by atoms with van der Waals surface area (Å²) in [5, 5.41) is 2.89. The number of H-pyrrole nitrogens is 2. The van der Waals surface area contributed by atoms with Crippen LogP contribution in [0.1, 0.15) is 23.2 Å². The van der Waals surface area contributed by atoms with Gasteiger partial charge in [-0.15, -0.1) is 0 Å². The van der Waals surface area contributed by atoms with Crippen LogP contribution in [0, 0.1) is 0 Å². The molecule has 1 atom stereocenters. The number of rotatable bonds is 7. The predicted octanol–water partition coefficient (Wildman–Crippen LogP) is 2.44. The molecule has 198 valence electrons. The minimum atomic E-state index is -0.922. The topological polar surface area (TPSA) is 163 Å². The second kappa shape index (κ2) is 10.7. The van der Waals surface area contributed by atoms with Crippen LogP contribution in [0.25, 0.3) is 22.3 Å². The van der Waals surface area contributed by atoms with Crippen molar-refractivity contribution in [3.8, 4) is 22.8 Å². The van der Waals surface area contributed by atoms with E-state index >= 15 is 0 Å². The summed E-state index contributed by atoms with van der Waals surface area (Å²) in [6, 6.07) is 16.0. The number of nitrogens with zero attached hydrogens (tertiary/aromatic N) is 2. The first-order chi connectivity index (χ1) is 18.8. The number of amides is 2. The number of carbonyl (C=O) groups excluding carboxylic acids is 2. The number of hydrogen-bond donors (Lipinski definition) is 4. The third-order valence-corrected chi connectivity index (χ3v) is 6.47. The van der Waals surface area contributed by atoms with Gasteiger partial charge in [0.1, 0.15) is 17.0 Å². The molecule has 2 aromatic heterocycles. The van der Waals surface area contributed by atoms with Crippen molar-refractivity contribution in [2.24, 2.45) is 5.73 Å². The molecule has 11 heteroatoms. The molecule has 1 saturated heterocycles. The van der Waals surface area contributed by atoms with E-state index in [2.05, 4.69) is 21.9 Å². The van der Waals surface area contributed by atoms with Crippen molar-refractivity contribution in [2.75, 3.05) is 18.0 Å². The van der Waals surface area contributed by atoms with Gasteiger partial charge < -0.3 is 30.7 Å². The quantitative estimate of drug-likeness (QED) is 0.212. The highest BCUT2D eigenvalue weighted by atomic mass is 16.5. The number of benzene rings is 2. The van der Waals surface area contributed by atoms with Crippen LogP contribution in [0.5, 0.6) is 11.5 Å². The fraction of sp³-hybridized carbons (Fsp3) is 0.179. The van der Waals surface area contributed by atoms with Gasteiger partial charge in [-0.2, -0.15) is 0 Å². The Bertz CT molecular complexity index is 1680. The smallest absolute Gasteiger partial charge is 0.314 e. The molecule has 11 nitrogen and oxygen atoms in total. The van der Waals surface area contributed by atoms with Gasteiger partial charge in [-0.1, -0.05) is 24.8 Å². The highest BCUT2D eigenvalue weighted by Gasteiger charge is 2.28. The van der Waals surface area contributed by atoms with Crippen LogP contribution in [0.3, 0.4) is 0 Å². The van der Waals surface area contributed by atoms with Gasteiger partial charge in [-0.3, -0.25) is 19.2 Å². The van der Waals surface area contributed by atoms with Gasteiger partial charge in [0.25, 0.3) is 5.91 Å². The molecule has 5 rings (SSSR count). The molecule has 5 N–H and O–H groups in total. The molecular weight excluding hydrogens is 500 g/mol. The number of ether oxygens (including phenoxy) is 1. The van der Waals surface area contributed by atoms with E-state index in [0.29, 0.717) is 36.0 Å². The highest BCUT2D eigenvalue weighted by molar-refractivity contribution is 6.11. The van der Waals surface area contributed by atoms with E-state index in [1.54, 1.807) is 24.3 Å². The minimum Gasteiger partial charge on any atom is -0.457 e. The summed E-state index contributed by atoms with van der Waals surface area (Å²) in [4.78, 5) is 61.0. The Balaban J connectivity index is 1.63. The van der Waals surface area contributed by atoms with Crippen molar-refractivity contribution in [3.63, 3.8) is 0 Å². The normalized spacial score (nSPS) is 15.1. The van der Waals surface area contributed by atoms with Gasteiger partial charge in [0.15, 0.2) is 5.82 Å². The molecule has 2 amide bonds. The molecule has 4 aromatic rings. The summed E-state index contributed by atoms with van der Waals surface area (Å²) < 4.78 is 5.87. The maximum Gasteiger partial charge on any atom is 0.314 e. The lowest BCUT2D eigenvalue weighted by atomic mass is 10.0. The van der Waals surface area contributed by atoms with Crippen molar-refractivity contribution in [3.05, 3.63) is 93.5 Å². The number of anilines is 1. The number of hydrogen-bond acceptors (Lipinski definition) is 7. The highest BCUT2D eigenvalue weighted by Crippen LogP contribution is 2.34. The minimum absolute atomic E-state index is 0.0349. The zero-order valence-corrected chi connectivity index (χ0v) is 20.9. The van der Waals surface area contributed by atoms with Crippen molar-refractivity contribution < 1.29 is 14.3 Å². The van der Waals surface area contributed by atoms with E-state index in [9.17, 15) is 19.2 Å². The Morgan fingerprint density at radius 3 is 2.36 bits per heavy atom. The fourth-order valence-corrected chi connectivity index (χ4v) is 4.69. The number of piperidine rings is 1. The summed E-state index contributed by atoms with van der Waals surface area (Å²) >= 11 is 0. The largest absolute Gasteiger partial charge is 0.457 e. The zero-order chi connectivity index (χ0) is 27.5. The van der Waals surface area contributed by atoms with Crippen LogP contribution < -0.4 is 31.8 Å². The molecule has 1 aliphatic rings. The first-order valence-electron chi connectivity index (χ1n) is 12.4. The molecule has 0 spiro atoms. The lowest BCUT2D eigenvalue weighted by Gasteiger charge is -2.34. The van der Waals surface area contributed by atoms with Crippen molar-refractivity contribution in [1.29, 1.82) is 0 Å². The second-order valence-corrected chi connectivity index (χ2v) is 9.12. The van der Waals surface area contributed by atoms with Crippen molar-refractivity contribution in [1.82, 2.24) is 20.3 Å². The Morgan fingerprint density at radius 1 is 1.03 bits per heavy atom. The number of pyridine rings is 1. The Morgan fingerprint density at radius 2 is 1.69 bits per heavy atom. The Labute approximate surface area is 222 Å². The summed E-state index contributed by atoms with van der Waals surface area (Å²) in [5.41, 5.74) is 4.97. The molecule has 2 aromatic carbocycles. The number of primary amides is 1. The maximum absolute atomic E-state index is 12.7. The van der Waals surface area contributed by atoms with E-state index < -0.39 is 17.0 Å². The van der Waals surface area contributed by atoms with Gasteiger partial charge in [-0.25, -0.2) is 4.98 Å². The van der Waals surface area contributed by atoms with E-state index in [0.717, 1.165) is 12.8 Å². The van der Waals surface area contributed by atoms with Crippen LogP contribution >= 0.6 is 0 Å². The van der Waals surface area contributed by atoms with E-state index in [1.165, 1.54) is 6.08 Å². The number of nitrogens with two attached hydrogens (primary N) is 1.